The van der Waals surface area contributed by atoms with Gasteiger partial charge in [-0.25, -0.2) is 4.79 Å². The minimum Gasteiger partial charge on any atom is -0.464 e. The minimum absolute atomic E-state index is 0.302. The van der Waals surface area contributed by atoms with Gasteiger partial charge in [0.25, 0.3) is 0 Å². The number of ether oxygens (including phenoxy) is 1. The molecule has 0 spiro atoms. The molecule has 6 nitrogen and oxygen atoms in total. The topological polar surface area (TPSA) is 84.5 Å². The number of rotatable bonds is 9. The quantitative estimate of drug-likeness (QED) is 0.530. The van der Waals surface area contributed by atoms with Crippen LogP contribution in [0.4, 0.5) is 0 Å². The molecule has 1 aromatic rings. The zero-order chi connectivity index (χ0) is 17.9. The van der Waals surface area contributed by atoms with Crippen molar-refractivity contribution in [3.63, 3.8) is 0 Å². The average molecular weight is 334 g/mol. The molecule has 0 fully saturated rings. The van der Waals surface area contributed by atoms with Gasteiger partial charge in [0, 0.05) is 13.3 Å². The van der Waals surface area contributed by atoms with E-state index in [1.165, 1.54) is 6.92 Å². The van der Waals surface area contributed by atoms with Crippen LogP contribution in [0.15, 0.2) is 30.3 Å². The van der Waals surface area contributed by atoms with E-state index in [0.717, 1.165) is 18.4 Å². The summed E-state index contributed by atoms with van der Waals surface area (Å²) in [5, 5.41) is 5.23. The molecule has 0 aliphatic carbocycles. The Hall–Kier alpha value is -2.37. The molecule has 0 radical (unpaired) electrons. The molecule has 132 valence electrons. The lowest BCUT2D eigenvalue weighted by Crippen LogP contribution is -2.51. The Morgan fingerprint density at radius 1 is 1.12 bits per heavy atom. The van der Waals surface area contributed by atoms with E-state index in [4.69, 9.17) is 4.74 Å². The number of amides is 2. The zero-order valence-electron chi connectivity index (χ0n) is 14.5. The van der Waals surface area contributed by atoms with Crippen LogP contribution >= 0.6 is 0 Å². The normalized spacial score (nSPS) is 12.8. The van der Waals surface area contributed by atoms with Crippen molar-refractivity contribution in [2.75, 3.05) is 6.61 Å². The van der Waals surface area contributed by atoms with Crippen LogP contribution in [0.2, 0.25) is 0 Å². The lowest BCUT2D eigenvalue weighted by atomic mass is 10.0. The van der Waals surface area contributed by atoms with E-state index in [-0.39, 0.29) is 5.91 Å². The van der Waals surface area contributed by atoms with Gasteiger partial charge in [0.15, 0.2) is 0 Å². The fourth-order valence-electron chi connectivity index (χ4n) is 2.12. The zero-order valence-corrected chi connectivity index (χ0v) is 14.5. The van der Waals surface area contributed by atoms with Crippen LogP contribution in [0, 0.1) is 0 Å². The summed E-state index contributed by atoms with van der Waals surface area (Å²) in [5.74, 6) is -1.18. The highest BCUT2D eigenvalue weighted by molar-refractivity contribution is 5.90. The van der Waals surface area contributed by atoms with Crippen LogP contribution in [-0.2, 0) is 25.5 Å². The molecule has 0 aromatic heterocycles. The Bertz CT molecular complexity index is 545. The van der Waals surface area contributed by atoms with Gasteiger partial charge in [-0.3, -0.25) is 9.59 Å². The summed E-state index contributed by atoms with van der Waals surface area (Å²) in [7, 11) is 0. The molecular weight excluding hydrogens is 308 g/mol. The average Bonchev–Trinajstić information content (AvgIpc) is 2.54. The van der Waals surface area contributed by atoms with Crippen molar-refractivity contribution in [1.29, 1.82) is 0 Å². The lowest BCUT2D eigenvalue weighted by molar-refractivity contribution is -0.147. The van der Waals surface area contributed by atoms with Crippen LogP contribution in [0.1, 0.15) is 39.2 Å². The van der Waals surface area contributed by atoms with Crippen molar-refractivity contribution >= 4 is 17.8 Å². The molecule has 6 heteroatoms. The Labute approximate surface area is 143 Å². The van der Waals surface area contributed by atoms with E-state index in [2.05, 4.69) is 10.6 Å². The third-order valence-corrected chi connectivity index (χ3v) is 3.43. The number of hydrogen-bond donors (Lipinski definition) is 2. The Kier molecular flexibility index (Phi) is 8.54. The first-order valence-corrected chi connectivity index (χ1v) is 8.22. The number of unbranched alkanes of at least 4 members (excludes halogenated alkanes) is 1. The first-order valence-electron chi connectivity index (χ1n) is 8.22. The van der Waals surface area contributed by atoms with E-state index in [1.54, 1.807) is 6.92 Å². The Morgan fingerprint density at radius 2 is 1.79 bits per heavy atom. The molecule has 0 saturated heterocycles. The maximum atomic E-state index is 12.4. The van der Waals surface area contributed by atoms with Crippen molar-refractivity contribution in [2.45, 2.75) is 52.1 Å². The molecule has 0 aliphatic rings. The van der Waals surface area contributed by atoms with Crippen molar-refractivity contribution in [3.05, 3.63) is 35.9 Å². The molecular formula is C18H26N2O4. The van der Waals surface area contributed by atoms with Crippen molar-refractivity contribution in [1.82, 2.24) is 10.6 Å². The first-order chi connectivity index (χ1) is 11.4. The minimum atomic E-state index is -0.763. The summed E-state index contributed by atoms with van der Waals surface area (Å²) >= 11 is 0. The molecule has 0 aliphatic heterocycles. The molecule has 1 rings (SSSR count). The van der Waals surface area contributed by atoms with Crippen LogP contribution in [0.25, 0.3) is 0 Å². The second-order valence-corrected chi connectivity index (χ2v) is 5.69. The summed E-state index contributed by atoms with van der Waals surface area (Å²) in [6.07, 6.45) is 2.06. The predicted molar refractivity (Wildman–Crippen MR) is 91.2 cm³/mol. The van der Waals surface area contributed by atoms with Crippen molar-refractivity contribution in [2.24, 2.45) is 0 Å². The van der Waals surface area contributed by atoms with Crippen LogP contribution in [-0.4, -0.2) is 36.5 Å². The van der Waals surface area contributed by atoms with Gasteiger partial charge >= 0.3 is 5.97 Å². The maximum Gasteiger partial charge on any atom is 0.328 e. The fraction of sp³-hybridized carbons (Fsp3) is 0.500. The van der Waals surface area contributed by atoms with Gasteiger partial charge in [-0.05, 0) is 18.9 Å². The number of hydrogen-bond acceptors (Lipinski definition) is 4. The second-order valence-electron chi connectivity index (χ2n) is 5.69. The number of nitrogens with one attached hydrogen (secondary N) is 2. The SMILES string of the molecule is CCCCOC(=O)[C@H](C)NC(=O)[C@H](Cc1ccccc1)NC(C)=O. The Balaban J connectivity index is 2.63. The van der Waals surface area contributed by atoms with Gasteiger partial charge in [0.2, 0.25) is 11.8 Å². The van der Waals surface area contributed by atoms with Gasteiger partial charge in [-0.1, -0.05) is 43.7 Å². The van der Waals surface area contributed by atoms with Crippen molar-refractivity contribution < 1.29 is 19.1 Å². The number of benzene rings is 1. The molecule has 0 bridgehead atoms. The van der Waals surface area contributed by atoms with E-state index in [0.29, 0.717) is 13.0 Å². The molecule has 0 saturated carbocycles. The first kappa shape index (κ1) is 19.7. The lowest BCUT2D eigenvalue weighted by Gasteiger charge is -2.20. The fourth-order valence-corrected chi connectivity index (χ4v) is 2.12. The predicted octanol–water partition coefficient (Wildman–Crippen LogP) is 1.58. The number of carbonyl (C=O) groups excluding carboxylic acids is 3. The van der Waals surface area contributed by atoms with Gasteiger partial charge in [-0.15, -0.1) is 0 Å². The van der Waals surface area contributed by atoms with Crippen molar-refractivity contribution in [3.8, 4) is 0 Å². The molecule has 2 amide bonds. The monoisotopic (exact) mass is 334 g/mol. The second kappa shape index (κ2) is 10.4. The largest absolute Gasteiger partial charge is 0.464 e. The highest BCUT2D eigenvalue weighted by atomic mass is 16.5. The molecule has 0 unspecified atom stereocenters. The van der Waals surface area contributed by atoms with Gasteiger partial charge < -0.3 is 15.4 Å². The van der Waals surface area contributed by atoms with Crippen LogP contribution in [0.3, 0.4) is 0 Å². The highest BCUT2D eigenvalue weighted by Gasteiger charge is 2.24. The molecule has 24 heavy (non-hydrogen) atoms. The van der Waals surface area contributed by atoms with E-state index < -0.39 is 24.0 Å². The summed E-state index contributed by atoms with van der Waals surface area (Å²) in [4.78, 5) is 35.6. The highest BCUT2D eigenvalue weighted by Crippen LogP contribution is 2.04. The number of esters is 1. The summed E-state index contributed by atoms with van der Waals surface area (Å²) in [6.45, 7) is 5.27. The third-order valence-electron chi connectivity index (χ3n) is 3.43. The molecule has 2 N–H and O–H groups in total. The Morgan fingerprint density at radius 3 is 2.38 bits per heavy atom. The van der Waals surface area contributed by atoms with E-state index in [1.807, 2.05) is 37.3 Å². The molecule has 0 heterocycles. The van der Waals surface area contributed by atoms with Gasteiger partial charge in [0.1, 0.15) is 12.1 Å². The van der Waals surface area contributed by atoms with Gasteiger partial charge in [-0.2, -0.15) is 0 Å². The van der Waals surface area contributed by atoms with Gasteiger partial charge in [0.05, 0.1) is 6.61 Å². The van der Waals surface area contributed by atoms with Crippen LogP contribution in [0.5, 0.6) is 0 Å². The maximum absolute atomic E-state index is 12.4. The summed E-state index contributed by atoms with van der Waals surface area (Å²) < 4.78 is 5.08. The standard InChI is InChI=1S/C18H26N2O4/c1-4-5-11-24-18(23)13(2)19-17(22)16(20-14(3)21)12-15-9-7-6-8-10-15/h6-10,13,16H,4-5,11-12H2,1-3H3,(H,19,22)(H,20,21)/t13-,16-/m0/s1. The third kappa shape index (κ3) is 7.26. The van der Waals surface area contributed by atoms with E-state index >= 15 is 0 Å². The van der Waals surface area contributed by atoms with E-state index in [9.17, 15) is 14.4 Å². The smallest absolute Gasteiger partial charge is 0.328 e. The summed E-state index contributed by atoms with van der Waals surface area (Å²) in [5.41, 5.74) is 0.921. The summed E-state index contributed by atoms with van der Waals surface area (Å²) in [6, 6.07) is 7.87. The molecule has 1 aromatic carbocycles. The molecule has 2 atom stereocenters. The number of carbonyl (C=O) groups is 3. The van der Waals surface area contributed by atoms with Crippen LogP contribution < -0.4 is 10.6 Å².